The van der Waals surface area contributed by atoms with Crippen LogP contribution in [0.4, 0.5) is 5.69 Å². The number of pyridine rings is 1. The zero-order valence-electron chi connectivity index (χ0n) is 21.0. The largest absolute Gasteiger partial charge is 0.497 e. The molecule has 1 unspecified atom stereocenters. The van der Waals surface area contributed by atoms with Gasteiger partial charge in [0.1, 0.15) is 17.5 Å². The van der Waals surface area contributed by atoms with Gasteiger partial charge in [-0.3, -0.25) is 14.5 Å². The highest BCUT2D eigenvalue weighted by atomic mass is 79.9. The summed E-state index contributed by atoms with van der Waals surface area (Å²) in [5, 5.41) is 9.64. The Labute approximate surface area is 233 Å². The minimum Gasteiger partial charge on any atom is -0.497 e. The molecule has 0 aliphatic carbocycles. The number of methoxy groups -OCH3 is 1. The van der Waals surface area contributed by atoms with Crippen LogP contribution in [0.5, 0.6) is 5.75 Å². The van der Waals surface area contributed by atoms with Crippen molar-refractivity contribution in [3.63, 3.8) is 0 Å². The molecule has 2 aromatic heterocycles. The third-order valence-electron chi connectivity index (χ3n) is 6.67. The lowest BCUT2D eigenvalue weighted by molar-refractivity contribution is 0.0993. The number of hydrogen-bond donors (Lipinski definition) is 0. The lowest BCUT2D eigenvalue weighted by atomic mass is 10.0. The van der Waals surface area contributed by atoms with E-state index in [9.17, 15) is 14.9 Å². The van der Waals surface area contributed by atoms with Crippen LogP contribution in [0, 0.1) is 11.3 Å². The van der Waals surface area contributed by atoms with E-state index in [1.165, 1.54) is 9.47 Å². The molecule has 5 rings (SSSR count). The fourth-order valence-electron chi connectivity index (χ4n) is 4.95. The molecule has 1 aliphatic rings. The van der Waals surface area contributed by atoms with Crippen molar-refractivity contribution >= 4 is 39.1 Å². The number of ether oxygens (including phenoxy) is 1. The first-order valence-electron chi connectivity index (χ1n) is 12.0. The molecule has 3 heterocycles. The second-order valence-corrected chi connectivity index (χ2v) is 10.6. The maximum Gasteiger partial charge on any atom is 0.274 e. The lowest BCUT2D eigenvalue weighted by Gasteiger charge is -2.28. The van der Waals surface area contributed by atoms with Gasteiger partial charge in [0.05, 0.1) is 46.2 Å². The molecule has 0 saturated heterocycles. The van der Waals surface area contributed by atoms with Crippen LogP contribution in [-0.2, 0) is 6.54 Å². The number of fused-ring (bicyclic) bond motifs is 1. The summed E-state index contributed by atoms with van der Waals surface area (Å²) in [5.74, 6) is 0.431. The van der Waals surface area contributed by atoms with Crippen molar-refractivity contribution in [3.8, 4) is 11.8 Å². The molecule has 7 nitrogen and oxygen atoms in total. The Morgan fingerprint density at radius 3 is 2.37 bits per heavy atom. The van der Waals surface area contributed by atoms with Gasteiger partial charge < -0.3 is 13.9 Å². The standard InChI is InChI=1S/C29H24BrClN4O3/c1-17(2)34-25(30)13-23-27(34)26(20-8-4-18(14-32)5-9-20)35(28(23)36)24-12-21(31)16-33(29(24)37)15-19-6-10-22(38-3)11-7-19/h4-13,16-17,26H,15H2,1-3H3. The van der Waals surface area contributed by atoms with E-state index in [1.807, 2.05) is 50.2 Å². The van der Waals surface area contributed by atoms with E-state index >= 15 is 0 Å². The predicted octanol–water partition coefficient (Wildman–Crippen LogP) is 6.32. The zero-order chi connectivity index (χ0) is 27.1. The molecule has 192 valence electrons. The zero-order valence-corrected chi connectivity index (χ0v) is 23.3. The number of hydrogen-bond acceptors (Lipinski definition) is 4. The molecular weight excluding hydrogens is 568 g/mol. The van der Waals surface area contributed by atoms with Crippen molar-refractivity contribution < 1.29 is 9.53 Å². The molecule has 0 saturated carbocycles. The van der Waals surface area contributed by atoms with Crippen LogP contribution in [0.3, 0.4) is 0 Å². The Kier molecular flexibility index (Phi) is 6.91. The molecule has 1 aliphatic heterocycles. The molecule has 9 heteroatoms. The summed E-state index contributed by atoms with van der Waals surface area (Å²) in [5.41, 5.74) is 3.32. The van der Waals surface area contributed by atoms with Gasteiger partial charge in [0.15, 0.2) is 0 Å². The van der Waals surface area contributed by atoms with Crippen LogP contribution in [-0.4, -0.2) is 22.2 Å². The smallest absolute Gasteiger partial charge is 0.274 e. The van der Waals surface area contributed by atoms with E-state index in [1.54, 1.807) is 37.6 Å². The van der Waals surface area contributed by atoms with Gasteiger partial charge in [-0.05, 0) is 77.3 Å². The van der Waals surface area contributed by atoms with E-state index in [0.717, 1.165) is 27.2 Å². The quantitative estimate of drug-likeness (QED) is 0.263. The predicted molar refractivity (Wildman–Crippen MR) is 150 cm³/mol. The average Bonchev–Trinajstić information content (AvgIpc) is 3.39. The first-order valence-corrected chi connectivity index (χ1v) is 13.2. The molecule has 38 heavy (non-hydrogen) atoms. The first kappa shape index (κ1) is 25.8. The molecule has 0 spiro atoms. The number of halogens is 2. The third-order valence-corrected chi connectivity index (χ3v) is 7.49. The van der Waals surface area contributed by atoms with Crippen LogP contribution < -0.4 is 15.2 Å². The fraction of sp³-hybridized carbons (Fsp3) is 0.207. The Morgan fingerprint density at radius 1 is 1.08 bits per heavy atom. The molecule has 1 amide bonds. The molecule has 0 fully saturated rings. The Morgan fingerprint density at radius 2 is 1.76 bits per heavy atom. The monoisotopic (exact) mass is 590 g/mol. The van der Waals surface area contributed by atoms with Crippen molar-refractivity contribution in [1.29, 1.82) is 5.26 Å². The molecule has 0 N–H and O–H groups in total. The maximum atomic E-state index is 13.9. The van der Waals surface area contributed by atoms with E-state index in [4.69, 9.17) is 16.3 Å². The number of anilines is 1. The molecule has 0 radical (unpaired) electrons. The minimum atomic E-state index is -0.584. The summed E-state index contributed by atoms with van der Waals surface area (Å²) in [6.07, 6.45) is 1.58. The van der Waals surface area contributed by atoms with Crippen LogP contribution in [0.2, 0.25) is 5.02 Å². The van der Waals surface area contributed by atoms with Crippen LogP contribution in [0.1, 0.15) is 58.7 Å². The fourth-order valence-corrected chi connectivity index (χ4v) is 6.00. The number of rotatable bonds is 6. The van der Waals surface area contributed by atoms with Gasteiger partial charge in [-0.25, -0.2) is 0 Å². The Balaban J connectivity index is 1.67. The van der Waals surface area contributed by atoms with Gasteiger partial charge >= 0.3 is 0 Å². The Bertz CT molecular complexity index is 1630. The highest BCUT2D eigenvalue weighted by Gasteiger charge is 2.44. The molecule has 2 aromatic carbocycles. The van der Waals surface area contributed by atoms with E-state index < -0.39 is 6.04 Å². The van der Waals surface area contributed by atoms with Crippen molar-refractivity contribution in [2.75, 3.05) is 12.0 Å². The second-order valence-electron chi connectivity index (χ2n) is 9.37. The number of nitrogens with zero attached hydrogens (tertiary/aromatic N) is 4. The summed E-state index contributed by atoms with van der Waals surface area (Å²) in [6.45, 7) is 4.35. The van der Waals surface area contributed by atoms with Crippen molar-refractivity contribution in [3.05, 3.63) is 115 Å². The topological polar surface area (TPSA) is 80.3 Å². The van der Waals surface area contributed by atoms with E-state index in [-0.39, 0.29) is 29.7 Å². The van der Waals surface area contributed by atoms with Gasteiger partial charge in [0.2, 0.25) is 0 Å². The second kappa shape index (κ2) is 10.2. The van der Waals surface area contributed by atoms with Crippen molar-refractivity contribution in [2.45, 2.75) is 32.5 Å². The van der Waals surface area contributed by atoms with Gasteiger partial charge in [0, 0.05) is 12.2 Å². The number of benzene rings is 2. The summed E-state index contributed by atoms with van der Waals surface area (Å²) >= 11 is 10.1. The van der Waals surface area contributed by atoms with Crippen LogP contribution in [0.15, 0.2) is 76.3 Å². The number of nitriles is 1. The minimum absolute atomic E-state index is 0.0489. The normalized spacial score (nSPS) is 14.6. The van der Waals surface area contributed by atoms with Gasteiger partial charge in [-0.1, -0.05) is 35.9 Å². The molecular formula is C29H24BrClN4O3. The number of carbonyl (C=O) groups excluding carboxylic acids is 1. The van der Waals surface area contributed by atoms with Crippen molar-refractivity contribution in [1.82, 2.24) is 9.13 Å². The summed E-state index contributed by atoms with van der Waals surface area (Å²) < 4.78 is 9.58. The SMILES string of the molecule is COc1ccc(Cn2cc(Cl)cc(N3C(=O)c4cc(Br)n(C(C)C)c4C3c3ccc(C#N)cc3)c2=O)cc1. The molecule has 1 atom stereocenters. The van der Waals surface area contributed by atoms with Crippen LogP contribution >= 0.6 is 27.5 Å². The highest BCUT2D eigenvalue weighted by Crippen LogP contribution is 2.44. The van der Waals surface area contributed by atoms with Crippen molar-refractivity contribution in [2.24, 2.45) is 0 Å². The van der Waals surface area contributed by atoms with Crippen LogP contribution in [0.25, 0.3) is 0 Å². The number of carbonyl (C=O) groups is 1. The third kappa shape index (κ3) is 4.42. The van der Waals surface area contributed by atoms with E-state index in [0.29, 0.717) is 16.1 Å². The number of aromatic nitrogens is 2. The summed E-state index contributed by atoms with van der Waals surface area (Å²) in [4.78, 5) is 29.3. The van der Waals surface area contributed by atoms with Gasteiger partial charge in [-0.15, -0.1) is 0 Å². The summed E-state index contributed by atoms with van der Waals surface area (Å²) in [7, 11) is 1.60. The molecule has 4 aromatic rings. The highest BCUT2D eigenvalue weighted by molar-refractivity contribution is 9.10. The van der Waals surface area contributed by atoms with Gasteiger partial charge in [0.25, 0.3) is 11.5 Å². The Hall–Kier alpha value is -3.80. The van der Waals surface area contributed by atoms with E-state index in [2.05, 4.69) is 26.6 Å². The average molecular weight is 592 g/mol. The lowest BCUT2D eigenvalue weighted by Crippen LogP contribution is -2.36. The molecule has 0 bridgehead atoms. The number of amides is 1. The van der Waals surface area contributed by atoms with Gasteiger partial charge in [-0.2, -0.15) is 5.26 Å². The first-order chi connectivity index (χ1) is 18.2. The summed E-state index contributed by atoms with van der Waals surface area (Å²) in [6, 6.07) is 19.4. The maximum absolute atomic E-state index is 13.9.